The van der Waals surface area contributed by atoms with Crippen molar-refractivity contribution in [3.8, 4) is 0 Å². The maximum atomic E-state index is 5.86. The molecule has 1 aromatic heterocycles. The molecule has 0 amide bonds. The van der Waals surface area contributed by atoms with Gasteiger partial charge >= 0.3 is 0 Å². The molecule has 1 aliphatic heterocycles. The lowest BCUT2D eigenvalue weighted by molar-refractivity contribution is 0.765. The Labute approximate surface area is 123 Å². The van der Waals surface area contributed by atoms with Crippen molar-refractivity contribution in [3.05, 3.63) is 15.6 Å². The summed E-state index contributed by atoms with van der Waals surface area (Å²) in [5.41, 5.74) is 7.08. The molecule has 2 atom stereocenters. The Morgan fingerprint density at radius 3 is 2.61 bits per heavy atom. The molecule has 2 heterocycles. The van der Waals surface area contributed by atoms with E-state index in [2.05, 4.69) is 44.3 Å². The molecule has 5 heteroatoms. The molecule has 0 aliphatic carbocycles. The molecule has 18 heavy (non-hydrogen) atoms. The van der Waals surface area contributed by atoms with Gasteiger partial charge in [0.15, 0.2) is 0 Å². The highest BCUT2D eigenvalue weighted by Crippen LogP contribution is 2.46. The van der Waals surface area contributed by atoms with Gasteiger partial charge in [0.05, 0.1) is 10.9 Å². The van der Waals surface area contributed by atoms with Crippen LogP contribution in [-0.4, -0.2) is 21.7 Å². The van der Waals surface area contributed by atoms with Crippen molar-refractivity contribution >= 4 is 34.9 Å². The van der Waals surface area contributed by atoms with Gasteiger partial charge in [-0.2, -0.15) is 11.8 Å². The van der Waals surface area contributed by atoms with Crippen LogP contribution in [0.25, 0.3) is 0 Å². The monoisotopic (exact) mass is 302 g/mol. The predicted molar refractivity (Wildman–Crippen MR) is 85.8 cm³/mol. The van der Waals surface area contributed by atoms with Crippen molar-refractivity contribution in [2.45, 2.75) is 50.2 Å². The third-order valence-corrected chi connectivity index (χ3v) is 7.75. The van der Waals surface area contributed by atoms with Crippen LogP contribution in [0.4, 0.5) is 0 Å². The van der Waals surface area contributed by atoms with Crippen molar-refractivity contribution in [3.63, 3.8) is 0 Å². The van der Waals surface area contributed by atoms with Crippen LogP contribution in [0.15, 0.2) is 0 Å². The van der Waals surface area contributed by atoms with E-state index < -0.39 is 0 Å². The first kappa shape index (κ1) is 14.7. The van der Waals surface area contributed by atoms with Gasteiger partial charge in [-0.05, 0) is 12.3 Å². The molecule has 0 saturated carbocycles. The Morgan fingerprint density at radius 1 is 1.33 bits per heavy atom. The number of aromatic nitrogens is 1. The molecule has 2 N–H and O–H groups in total. The molecule has 2 nitrogen and oxygen atoms in total. The summed E-state index contributed by atoms with van der Waals surface area (Å²) in [6.45, 7) is 7.33. The smallest absolute Gasteiger partial charge is 0.107 e. The van der Waals surface area contributed by atoms with E-state index in [1.54, 1.807) is 0 Å². The highest BCUT2D eigenvalue weighted by molar-refractivity contribution is 8.06. The van der Waals surface area contributed by atoms with E-state index in [0.29, 0.717) is 17.7 Å². The summed E-state index contributed by atoms with van der Waals surface area (Å²) in [5.74, 6) is 3.02. The van der Waals surface area contributed by atoms with Crippen LogP contribution < -0.4 is 5.73 Å². The highest BCUT2D eigenvalue weighted by Gasteiger charge is 2.30. The number of hydrogen-bond donors (Lipinski definition) is 1. The topological polar surface area (TPSA) is 38.9 Å². The Bertz CT molecular complexity index is 390. The van der Waals surface area contributed by atoms with Crippen molar-refractivity contribution in [2.24, 2.45) is 5.73 Å². The lowest BCUT2D eigenvalue weighted by Gasteiger charge is -2.28. The van der Waals surface area contributed by atoms with E-state index in [1.807, 2.05) is 11.3 Å². The molecule has 0 bridgehead atoms. The van der Waals surface area contributed by atoms with E-state index >= 15 is 0 Å². The molecular formula is C13H22N2S3. The zero-order chi connectivity index (χ0) is 13.1. The molecule has 102 valence electrons. The van der Waals surface area contributed by atoms with E-state index in [1.165, 1.54) is 33.5 Å². The number of thiazole rings is 1. The zero-order valence-corrected chi connectivity index (χ0v) is 13.8. The fourth-order valence-electron chi connectivity index (χ4n) is 2.23. The van der Waals surface area contributed by atoms with Crippen LogP contribution in [0.5, 0.6) is 0 Å². The second-order valence-corrected chi connectivity index (χ2v) is 8.54. The molecule has 0 aromatic carbocycles. The maximum Gasteiger partial charge on any atom is 0.107 e. The normalized spacial score (nSPS) is 24.7. The summed E-state index contributed by atoms with van der Waals surface area (Å²) in [6.07, 6.45) is 1.23. The van der Waals surface area contributed by atoms with Gasteiger partial charge in [-0.1, -0.05) is 20.8 Å². The summed E-state index contributed by atoms with van der Waals surface area (Å²) < 4.78 is 0. The summed E-state index contributed by atoms with van der Waals surface area (Å²) >= 11 is 6.03. The minimum absolute atomic E-state index is 0.481. The van der Waals surface area contributed by atoms with E-state index in [0.717, 1.165) is 5.25 Å². The SMILES string of the molecule is CCC1SCCSC1c1nc(C(C)C)c(CN)s1. The van der Waals surface area contributed by atoms with Crippen LogP contribution in [0.1, 0.15) is 53.9 Å². The van der Waals surface area contributed by atoms with Crippen LogP contribution in [0.3, 0.4) is 0 Å². The summed E-state index contributed by atoms with van der Waals surface area (Å²) in [5, 5.41) is 2.61. The Hall–Kier alpha value is 0.290. The van der Waals surface area contributed by atoms with Crippen molar-refractivity contribution in [1.82, 2.24) is 4.98 Å². The average molecular weight is 303 g/mol. The lowest BCUT2D eigenvalue weighted by Crippen LogP contribution is -2.18. The van der Waals surface area contributed by atoms with Gasteiger partial charge in [0, 0.05) is 28.2 Å². The second kappa shape index (κ2) is 6.64. The molecule has 2 rings (SSSR count). The predicted octanol–water partition coefficient (Wildman–Crippen LogP) is 4.02. The zero-order valence-electron chi connectivity index (χ0n) is 11.3. The van der Waals surface area contributed by atoms with Crippen LogP contribution >= 0.6 is 34.9 Å². The number of thioether (sulfide) groups is 2. The van der Waals surface area contributed by atoms with Crippen LogP contribution in [0.2, 0.25) is 0 Å². The lowest BCUT2D eigenvalue weighted by atomic mass is 10.1. The fourth-order valence-corrected chi connectivity index (χ4v) is 6.75. The molecule has 0 spiro atoms. The molecule has 0 radical (unpaired) electrons. The van der Waals surface area contributed by atoms with Crippen LogP contribution in [0, 0.1) is 0 Å². The second-order valence-electron chi connectivity index (χ2n) is 4.83. The number of nitrogens with zero attached hydrogens (tertiary/aromatic N) is 1. The average Bonchev–Trinajstić information content (AvgIpc) is 2.82. The first-order chi connectivity index (χ1) is 8.67. The number of nitrogens with two attached hydrogens (primary N) is 1. The molecule has 1 saturated heterocycles. The first-order valence-electron chi connectivity index (χ1n) is 6.60. The van der Waals surface area contributed by atoms with Gasteiger partial charge in [-0.3, -0.25) is 0 Å². The van der Waals surface area contributed by atoms with E-state index in [-0.39, 0.29) is 0 Å². The summed E-state index contributed by atoms with van der Waals surface area (Å²) in [4.78, 5) is 6.19. The molecular weight excluding hydrogens is 280 g/mol. The van der Waals surface area contributed by atoms with Crippen molar-refractivity contribution < 1.29 is 0 Å². The first-order valence-corrected chi connectivity index (χ1v) is 9.51. The van der Waals surface area contributed by atoms with Gasteiger partial charge in [0.25, 0.3) is 0 Å². The van der Waals surface area contributed by atoms with Gasteiger partial charge in [0.2, 0.25) is 0 Å². The van der Waals surface area contributed by atoms with E-state index in [9.17, 15) is 0 Å². The molecule has 1 aromatic rings. The summed E-state index contributed by atoms with van der Waals surface area (Å²) in [7, 11) is 0. The van der Waals surface area contributed by atoms with Crippen molar-refractivity contribution in [1.29, 1.82) is 0 Å². The van der Waals surface area contributed by atoms with Gasteiger partial charge in [-0.25, -0.2) is 4.98 Å². The Kier molecular flexibility index (Phi) is 5.42. The minimum atomic E-state index is 0.481. The quantitative estimate of drug-likeness (QED) is 0.911. The van der Waals surface area contributed by atoms with E-state index in [4.69, 9.17) is 10.7 Å². The number of hydrogen-bond acceptors (Lipinski definition) is 5. The Morgan fingerprint density at radius 2 is 2.06 bits per heavy atom. The standard InChI is InChI=1S/C13H22N2S3/c1-4-9-12(17-6-5-16-9)13-15-11(8(2)3)10(7-14)18-13/h8-9,12H,4-7,14H2,1-3H3. The molecule has 1 aliphatic rings. The fraction of sp³-hybridized carbons (Fsp3) is 0.769. The number of rotatable bonds is 4. The molecule has 2 unspecified atom stereocenters. The Balaban J connectivity index is 2.26. The van der Waals surface area contributed by atoms with Crippen LogP contribution in [-0.2, 0) is 6.54 Å². The maximum absolute atomic E-state index is 5.86. The largest absolute Gasteiger partial charge is 0.326 e. The van der Waals surface area contributed by atoms with Gasteiger partial charge in [-0.15, -0.1) is 23.1 Å². The minimum Gasteiger partial charge on any atom is -0.326 e. The van der Waals surface area contributed by atoms with Gasteiger partial charge in [0.1, 0.15) is 5.01 Å². The van der Waals surface area contributed by atoms with Crippen molar-refractivity contribution in [2.75, 3.05) is 11.5 Å². The third-order valence-electron chi connectivity index (χ3n) is 3.17. The van der Waals surface area contributed by atoms with Gasteiger partial charge < -0.3 is 5.73 Å². The molecule has 1 fully saturated rings. The summed E-state index contributed by atoms with van der Waals surface area (Å²) in [6, 6.07) is 0. The third kappa shape index (κ3) is 3.06. The highest BCUT2D eigenvalue weighted by atomic mass is 32.2.